The first-order valence-electron chi connectivity index (χ1n) is 3.64. The Morgan fingerprint density at radius 1 is 1.43 bits per heavy atom. The van der Waals surface area contributed by atoms with Crippen molar-refractivity contribution in [2.24, 2.45) is 5.84 Å². The fourth-order valence-corrected chi connectivity index (χ4v) is 1.43. The fraction of sp³-hybridized carbons (Fsp3) is 0.125. The summed E-state index contributed by atoms with van der Waals surface area (Å²) in [5, 5.41) is 0.309. The van der Waals surface area contributed by atoms with Crippen molar-refractivity contribution in [3.8, 4) is 5.75 Å². The molecule has 1 aromatic rings. The average Bonchev–Trinajstić information content (AvgIpc) is 2.21. The smallest absolute Gasteiger partial charge is 0.266 e. The van der Waals surface area contributed by atoms with Gasteiger partial charge in [0.15, 0.2) is 0 Å². The van der Waals surface area contributed by atoms with Crippen molar-refractivity contribution in [1.82, 2.24) is 5.43 Å². The number of hydrogen-bond acceptors (Lipinski definition) is 3. The highest BCUT2D eigenvalue weighted by Crippen LogP contribution is 2.34. The van der Waals surface area contributed by atoms with Crippen LogP contribution in [0, 0.1) is 0 Å². The van der Waals surface area contributed by atoms with Gasteiger partial charge < -0.3 is 4.74 Å². The molecule has 1 amide bonds. The van der Waals surface area contributed by atoms with Crippen molar-refractivity contribution in [1.29, 1.82) is 0 Å². The van der Waals surface area contributed by atoms with Crippen LogP contribution in [0.2, 0.25) is 10.0 Å². The predicted molar refractivity (Wildman–Crippen MR) is 54.7 cm³/mol. The van der Waals surface area contributed by atoms with Crippen LogP contribution < -0.4 is 16.0 Å². The first kappa shape index (κ1) is 11.1. The summed E-state index contributed by atoms with van der Waals surface area (Å²) in [5.41, 5.74) is 2.17. The molecule has 0 aliphatic rings. The van der Waals surface area contributed by atoms with E-state index in [9.17, 15) is 4.79 Å². The third kappa shape index (κ3) is 1.92. The summed E-state index contributed by atoms with van der Waals surface area (Å²) in [6, 6.07) is 3.02. The lowest BCUT2D eigenvalue weighted by molar-refractivity contribution is 0.0954. The van der Waals surface area contributed by atoms with Crippen molar-refractivity contribution < 1.29 is 9.53 Å². The van der Waals surface area contributed by atoms with Gasteiger partial charge in [-0.25, -0.2) is 5.84 Å². The Labute approximate surface area is 90.9 Å². The van der Waals surface area contributed by atoms with Crippen molar-refractivity contribution in [3.05, 3.63) is 27.7 Å². The molecule has 0 spiro atoms. The van der Waals surface area contributed by atoms with Gasteiger partial charge in [-0.2, -0.15) is 0 Å². The van der Waals surface area contributed by atoms with Crippen LogP contribution in [-0.4, -0.2) is 13.0 Å². The monoisotopic (exact) mass is 234 g/mol. The largest absolute Gasteiger partial charge is 0.495 e. The van der Waals surface area contributed by atoms with E-state index >= 15 is 0 Å². The van der Waals surface area contributed by atoms with Crippen LogP contribution in [-0.2, 0) is 0 Å². The number of hydrogen-bond donors (Lipinski definition) is 2. The molecule has 0 saturated heterocycles. The number of nitrogen functional groups attached to an aromatic ring is 1. The fourth-order valence-electron chi connectivity index (χ4n) is 0.943. The Balaban J connectivity index is 3.24. The summed E-state index contributed by atoms with van der Waals surface area (Å²) in [5.74, 6) is 4.87. The number of rotatable bonds is 2. The Morgan fingerprint density at radius 2 is 2.07 bits per heavy atom. The Bertz CT molecular complexity index is 369. The highest BCUT2D eigenvalue weighted by Gasteiger charge is 2.14. The van der Waals surface area contributed by atoms with Gasteiger partial charge in [0.05, 0.1) is 17.7 Å². The van der Waals surface area contributed by atoms with Gasteiger partial charge in [-0.05, 0) is 12.1 Å². The van der Waals surface area contributed by atoms with Gasteiger partial charge in [-0.3, -0.25) is 10.2 Å². The summed E-state index contributed by atoms with van der Waals surface area (Å²) in [6.07, 6.45) is 0. The van der Waals surface area contributed by atoms with Gasteiger partial charge in [0.1, 0.15) is 10.8 Å². The normalized spacial score (nSPS) is 9.71. The second-order valence-electron chi connectivity index (χ2n) is 2.42. The number of nitrogens with two attached hydrogens (primary N) is 1. The zero-order valence-electron chi connectivity index (χ0n) is 7.30. The maximum absolute atomic E-state index is 11.2. The number of halogens is 2. The molecular formula is C8H8Cl2N2O2. The molecule has 6 heteroatoms. The van der Waals surface area contributed by atoms with E-state index in [1.807, 2.05) is 5.43 Å². The van der Waals surface area contributed by atoms with Crippen LogP contribution in [0.4, 0.5) is 0 Å². The van der Waals surface area contributed by atoms with Crippen molar-refractivity contribution in [2.75, 3.05) is 7.11 Å². The van der Waals surface area contributed by atoms with E-state index in [0.717, 1.165) is 0 Å². The number of ether oxygens (including phenoxy) is 1. The summed E-state index contributed by atoms with van der Waals surface area (Å²) in [6.45, 7) is 0. The highest BCUT2D eigenvalue weighted by molar-refractivity contribution is 6.44. The van der Waals surface area contributed by atoms with Gasteiger partial charge in [-0.15, -0.1) is 0 Å². The van der Waals surface area contributed by atoms with E-state index in [1.54, 1.807) is 6.07 Å². The van der Waals surface area contributed by atoms with E-state index in [-0.39, 0.29) is 15.6 Å². The molecule has 0 aliphatic heterocycles. The molecule has 0 aliphatic carbocycles. The molecule has 76 valence electrons. The molecule has 0 bridgehead atoms. The lowest BCUT2D eigenvalue weighted by Crippen LogP contribution is -2.30. The molecule has 0 heterocycles. The summed E-state index contributed by atoms with van der Waals surface area (Å²) in [4.78, 5) is 11.2. The minimum absolute atomic E-state index is 0.119. The lowest BCUT2D eigenvalue weighted by atomic mass is 10.2. The average molecular weight is 235 g/mol. The van der Waals surface area contributed by atoms with Crippen LogP contribution in [0.15, 0.2) is 12.1 Å². The third-order valence-electron chi connectivity index (χ3n) is 1.64. The summed E-state index contributed by atoms with van der Waals surface area (Å²) < 4.78 is 4.91. The van der Waals surface area contributed by atoms with E-state index in [2.05, 4.69) is 0 Å². The number of carbonyl (C=O) groups is 1. The first-order chi connectivity index (χ1) is 6.61. The quantitative estimate of drug-likeness (QED) is 0.465. The number of carbonyl (C=O) groups excluding carboxylic acids is 1. The standard InChI is InChI=1S/C8H8Cl2N2O2/c1-14-5-3-2-4(8(13)12-11)6(9)7(5)10/h2-3H,11H2,1H3,(H,12,13). The van der Waals surface area contributed by atoms with E-state index in [4.69, 9.17) is 33.8 Å². The highest BCUT2D eigenvalue weighted by atomic mass is 35.5. The van der Waals surface area contributed by atoms with Crippen LogP contribution in [0.1, 0.15) is 10.4 Å². The molecule has 0 fully saturated rings. The molecule has 0 radical (unpaired) electrons. The zero-order valence-corrected chi connectivity index (χ0v) is 8.82. The molecule has 1 aromatic carbocycles. The van der Waals surface area contributed by atoms with Crippen LogP contribution in [0.3, 0.4) is 0 Å². The lowest BCUT2D eigenvalue weighted by Gasteiger charge is -2.07. The predicted octanol–water partition coefficient (Wildman–Crippen LogP) is 1.61. The molecule has 1 rings (SSSR count). The van der Waals surface area contributed by atoms with Crippen molar-refractivity contribution >= 4 is 29.1 Å². The van der Waals surface area contributed by atoms with E-state index in [1.165, 1.54) is 13.2 Å². The zero-order chi connectivity index (χ0) is 10.7. The first-order valence-corrected chi connectivity index (χ1v) is 4.40. The molecule has 0 atom stereocenters. The van der Waals surface area contributed by atoms with Gasteiger partial charge in [0.25, 0.3) is 5.91 Å². The minimum atomic E-state index is -0.500. The Kier molecular flexibility index (Phi) is 3.57. The van der Waals surface area contributed by atoms with Gasteiger partial charge in [0.2, 0.25) is 0 Å². The molecule has 0 saturated carbocycles. The molecule has 0 aromatic heterocycles. The number of hydrazine groups is 1. The SMILES string of the molecule is COc1ccc(C(=O)NN)c(Cl)c1Cl. The van der Waals surface area contributed by atoms with Crippen LogP contribution >= 0.6 is 23.2 Å². The molecule has 4 nitrogen and oxygen atoms in total. The number of benzene rings is 1. The van der Waals surface area contributed by atoms with Crippen LogP contribution in [0.25, 0.3) is 0 Å². The number of amides is 1. The maximum Gasteiger partial charge on any atom is 0.266 e. The van der Waals surface area contributed by atoms with E-state index < -0.39 is 5.91 Å². The van der Waals surface area contributed by atoms with Crippen LogP contribution in [0.5, 0.6) is 5.75 Å². The van der Waals surface area contributed by atoms with Crippen molar-refractivity contribution in [3.63, 3.8) is 0 Å². The molecule has 3 N–H and O–H groups in total. The third-order valence-corrected chi connectivity index (χ3v) is 2.51. The summed E-state index contributed by atoms with van der Waals surface area (Å²) >= 11 is 11.6. The Hall–Kier alpha value is -0.970. The Morgan fingerprint density at radius 3 is 2.57 bits per heavy atom. The number of nitrogens with one attached hydrogen (secondary N) is 1. The molecular weight excluding hydrogens is 227 g/mol. The topological polar surface area (TPSA) is 64.3 Å². The van der Waals surface area contributed by atoms with Crippen molar-refractivity contribution in [2.45, 2.75) is 0 Å². The van der Waals surface area contributed by atoms with Gasteiger partial charge >= 0.3 is 0 Å². The second-order valence-corrected chi connectivity index (χ2v) is 3.17. The molecule has 14 heavy (non-hydrogen) atoms. The second kappa shape index (κ2) is 4.50. The number of methoxy groups -OCH3 is 1. The minimum Gasteiger partial charge on any atom is -0.495 e. The molecule has 0 unspecified atom stereocenters. The van der Waals surface area contributed by atoms with E-state index in [0.29, 0.717) is 5.75 Å². The van der Waals surface area contributed by atoms with Gasteiger partial charge in [-0.1, -0.05) is 23.2 Å². The van der Waals surface area contributed by atoms with Gasteiger partial charge in [0, 0.05) is 0 Å². The maximum atomic E-state index is 11.2. The summed E-state index contributed by atoms with van der Waals surface area (Å²) in [7, 11) is 1.46.